The van der Waals surface area contributed by atoms with Crippen molar-refractivity contribution in [3.8, 4) is 0 Å². The van der Waals surface area contributed by atoms with Crippen LogP contribution >= 0.6 is 0 Å². The Bertz CT molecular complexity index is 372. The number of aliphatic hydroxyl groups excluding tert-OH is 1. The molecule has 0 radical (unpaired) electrons. The molecule has 0 aromatic carbocycles. The van der Waals surface area contributed by atoms with Crippen molar-refractivity contribution in [2.45, 2.75) is 51.2 Å². The minimum Gasteiger partial charge on any atom is -0.392 e. The fourth-order valence-electron chi connectivity index (χ4n) is 4.28. The van der Waals surface area contributed by atoms with Crippen molar-refractivity contribution in [2.24, 2.45) is 11.3 Å². The van der Waals surface area contributed by atoms with Crippen LogP contribution in [0.1, 0.15) is 39.0 Å². The number of carbonyl (C=O) groups is 1. The van der Waals surface area contributed by atoms with Crippen LogP contribution in [0.15, 0.2) is 0 Å². The Kier molecular flexibility index (Phi) is 4.52. The first-order valence-corrected chi connectivity index (χ1v) is 8.46. The number of likely N-dealkylation sites (tertiary alicyclic amines) is 1. The molecule has 3 rings (SSSR count). The van der Waals surface area contributed by atoms with Crippen LogP contribution in [-0.4, -0.2) is 60.9 Å². The maximum atomic E-state index is 12.6. The zero-order chi connectivity index (χ0) is 14.9. The van der Waals surface area contributed by atoms with Crippen molar-refractivity contribution in [3.05, 3.63) is 0 Å². The zero-order valence-corrected chi connectivity index (χ0v) is 13.0. The first-order chi connectivity index (χ1) is 10.2. The molecular weight excluding hydrogens is 268 g/mol. The minimum atomic E-state index is -0.248. The van der Waals surface area contributed by atoms with Crippen LogP contribution < -0.4 is 5.32 Å². The third-order valence-electron chi connectivity index (χ3n) is 5.76. The van der Waals surface area contributed by atoms with E-state index in [1.807, 2.05) is 11.8 Å². The normalized spacial score (nSPS) is 35.5. The van der Waals surface area contributed by atoms with Gasteiger partial charge in [-0.25, -0.2) is 0 Å². The zero-order valence-electron chi connectivity index (χ0n) is 13.0. The summed E-state index contributed by atoms with van der Waals surface area (Å²) in [5.74, 6) is 0.459. The summed E-state index contributed by atoms with van der Waals surface area (Å²) in [5, 5.41) is 13.5. The Morgan fingerprint density at radius 3 is 2.76 bits per heavy atom. The van der Waals surface area contributed by atoms with Crippen molar-refractivity contribution >= 4 is 5.91 Å². The van der Waals surface area contributed by atoms with Crippen LogP contribution in [-0.2, 0) is 9.53 Å². The van der Waals surface area contributed by atoms with Gasteiger partial charge in [0.2, 0.25) is 5.91 Å². The van der Waals surface area contributed by atoms with Gasteiger partial charge in [-0.05, 0) is 39.2 Å². The monoisotopic (exact) mass is 296 g/mol. The van der Waals surface area contributed by atoms with Crippen LogP contribution in [0, 0.1) is 11.3 Å². The van der Waals surface area contributed by atoms with E-state index in [-0.39, 0.29) is 23.5 Å². The Morgan fingerprint density at radius 2 is 2.19 bits per heavy atom. The Labute approximate surface area is 127 Å². The van der Waals surface area contributed by atoms with Gasteiger partial charge < -0.3 is 20.1 Å². The lowest BCUT2D eigenvalue weighted by Crippen LogP contribution is -2.63. The second-order valence-corrected chi connectivity index (χ2v) is 6.80. The summed E-state index contributed by atoms with van der Waals surface area (Å²) in [5.41, 5.74) is -0.0857. The van der Waals surface area contributed by atoms with Crippen molar-refractivity contribution in [1.29, 1.82) is 0 Å². The van der Waals surface area contributed by atoms with E-state index in [1.165, 1.54) is 0 Å². The highest BCUT2D eigenvalue weighted by atomic mass is 16.5. The summed E-state index contributed by atoms with van der Waals surface area (Å²) in [6.45, 7) is 6.12. The van der Waals surface area contributed by atoms with Crippen molar-refractivity contribution in [1.82, 2.24) is 10.2 Å². The summed E-state index contributed by atoms with van der Waals surface area (Å²) >= 11 is 0. The number of carbonyl (C=O) groups excluding carboxylic acids is 1. The van der Waals surface area contributed by atoms with Gasteiger partial charge in [0.15, 0.2) is 0 Å². The van der Waals surface area contributed by atoms with E-state index in [9.17, 15) is 9.90 Å². The standard InChI is InChI=1S/C16H28N2O3/c1-2-21-14-10-13(19)16(14)5-8-18(9-6-16)15(20)12-4-3-7-17-11-12/h12-14,17,19H,2-11H2,1H3/t12-,13+,14-/m1/s1. The first kappa shape index (κ1) is 15.3. The quantitative estimate of drug-likeness (QED) is 0.807. The van der Waals surface area contributed by atoms with Crippen LogP contribution in [0.2, 0.25) is 0 Å². The molecule has 3 aliphatic rings. The number of hydrogen-bond acceptors (Lipinski definition) is 4. The molecule has 21 heavy (non-hydrogen) atoms. The molecule has 2 heterocycles. The van der Waals surface area contributed by atoms with Gasteiger partial charge in [-0.3, -0.25) is 4.79 Å². The molecule has 3 atom stereocenters. The van der Waals surface area contributed by atoms with Gasteiger partial charge in [0.05, 0.1) is 18.1 Å². The number of nitrogens with one attached hydrogen (secondary N) is 1. The van der Waals surface area contributed by atoms with Gasteiger partial charge in [-0.2, -0.15) is 0 Å². The van der Waals surface area contributed by atoms with Crippen molar-refractivity contribution in [3.63, 3.8) is 0 Å². The van der Waals surface area contributed by atoms with E-state index in [2.05, 4.69) is 5.32 Å². The Balaban J connectivity index is 1.56. The van der Waals surface area contributed by atoms with Crippen LogP contribution in [0.3, 0.4) is 0 Å². The lowest BCUT2D eigenvalue weighted by atomic mass is 9.58. The average Bonchev–Trinajstić information content (AvgIpc) is 2.55. The average molecular weight is 296 g/mol. The molecule has 3 fully saturated rings. The topological polar surface area (TPSA) is 61.8 Å². The SMILES string of the molecule is CCO[C@@H]1C[C@H](O)C12CCN(C(=O)[C@@H]1CCCNC1)CC2. The van der Waals surface area contributed by atoms with E-state index < -0.39 is 0 Å². The Hall–Kier alpha value is -0.650. The largest absolute Gasteiger partial charge is 0.392 e. The smallest absolute Gasteiger partial charge is 0.226 e. The molecular formula is C16H28N2O3. The van der Waals surface area contributed by atoms with Gasteiger partial charge in [0.25, 0.3) is 0 Å². The van der Waals surface area contributed by atoms with Crippen LogP contribution in [0.25, 0.3) is 0 Å². The summed E-state index contributed by atoms with van der Waals surface area (Å²) in [6, 6.07) is 0. The maximum absolute atomic E-state index is 12.6. The highest BCUT2D eigenvalue weighted by molar-refractivity contribution is 5.79. The molecule has 5 heteroatoms. The molecule has 2 N–H and O–H groups in total. The molecule has 1 spiro atoms. The number of aliphatic hydroxyl groups is 1. The van der Waals surface area contributed by atoms with Gasteiger partial charge in [-0.1, -0.05) is 0 Å². The van der Waals surface area contributed by atoms with E-state index >= 15 is 0 Å². The van der Waals surface area contributed by atoms with E-state index in [0.717, 1.165) is 58.3 Å². The van der Waals surface area contributed by atoms with Gasteiger partial charge >= 0.3 is 0 Å². The third kappa shape index (κ3) is 2.71. The van der Waals surface area contributed by atoms with Crippen molar-refractivity contribution < 1.29 is 14.6 Å². The maximum Gasteiger partial charge on any atom is 0.226 e. The number of amides is 1. The molecule has 1 saturated carbocycles. The Morgan fingerprint density at radius 1 is 1.43 bits per heavy atom. The molecule has 120 valence electrons. The molecule has 0 bridgehead atoms. The fraction of sp³-hybridized carbons (Fsp3) is 0.938. The molecule has 1 amide bonds. The highest BCUT2D eigenvalue weighted by Gasteiger charge is 2.56. The molecule has 0 aromatic rings. The number of nitrogens with zero attached hydrogens (tertiary/aromatic N) is 1. The number of hydrogen-bond donors (Lipinski definition) is 2. The van der Waals surface area contributed by atoms with E-state index in [4.69, 9.17) is 4.74 Å². The second-order valence-electron chi connectivity index (χ2n) is 6.80. The lowest BCUT2D eigenvalue weighted by Gasteiger charge is -2.56. The molecule has 0 unspecified atom stereocenters. The summed E-state index contributed by atoms with van der Waals surface area (Å²) in [6.07, 6.45) is 4.56. The summed E-state index contributed by atoms with van der Waals surface area (Å²) in [4.78, 5) is 14.6. The summed E-state index contributed by atoms with van der Waals surface area (Å²) < 4.78 is 5.78. The van der Waals surface area contributed by atoms with Gasteiger partial charge in [0.1, 0.15) is 0 Å². The first-order valence-electron chi connectivity index (χ1n) is 8.46. The van der Waals surface area contributed by atoms with Crippen LogP contribution in [0.4, 0.5) is 0 Å². The highest BCUT2D eigenvalue weighted by Crippen LogP contribution is 2.51. The fourth-order valence-corrected chi connectivity index (χ4v) is 4.28. The van der Waals surface area contributed by atoms with E-state index in [0.29, 0.717) is 12.5 Å². The number of piperidine rings is 2. The number of ether oxygens (including phenoxy) is 1. The predicted molar refractivity (Wildman–Crippen MR) is 79.9 cm³/mol. The second kappa shape index (κ2) is 6.23. The molecule has 5 nitrogen and oxygen atoms in total. The lowest BCUT2D eigenvalue weighted by molar-refractivity contribution is -0.210. The molecule has 2 saturated heterocycles. The predicted octanol–water partition coefficient (Wildman–Crippen LogP) is 0.764. The van der Waals surface area contributed by atoms with Crippen molar-refractivity contribution in [2.75, 3.05) is 32.8 Å². The van der Waals surface area contributed by atoms with Gasteiger partial charge in [0, 0.05) is 38.1 Å². The van der Waals surface area contributed by atoms with Crippen LogP contribution in [0.5, 0.6) is 0 Å². The van der Waals surface area contributed by atoms with Gasteiger partial charge in [-0.15, -0.1) is 0 Å². The molecule has 0 aromatic heterocycles. The summed E-state index contributed by atoms with van der Waals surface area (Å²) in [7, 11) is 0. The molecule has 2 aliphatic heterocycles. The molecule has 1 aliphatic carbocycles. The number of rotatable bonds is 3. The third-order valence-corrected chi connectivity index (χ3v) is 5.76. The van der Waals surface area contributed by atoms with E-state index in [1.54, 1.807) is 0 Å². The minimum absolute atomic E-state index is 0.0857.